The number of nitrogens with zero attached hydrogens (tertiary/aromatic N) is 3. The van der Waals surface area contributed by atoms with Crippen LogP contribution in [-0.4, -0.2) is 29.2 Å². The van der Waals surface area contributed by atoms with Crippen molar-refractivity contribution in [1.29, 1.82) is 0 Å². The quantitative estimate of drug-likeness (QED) is 0.626. The van der Waals surface area contributed by atoms with Gasteiger partial charge in [0.15, 0.2) is 5.03 Å². The maximum atomic E-state index is 14.7. The van der Waals surface area contributed by atoms with Gasteiger partial charge in [0.2, 0.25) is 0 Å². The highest BCUT2D eigenvalue weighted by molar-refractivity contribution is 7.90. The van der Waals surface area contributed by atoms with E-state index in [0.29, 0.717) is 40.8 Å². The van der Waals surface area contributed by atoms with E-state index in [1.165, 1.54) is 23.0 Å². The van der Waals surface area contributed by atoms with Crippen LogP contribution < -0.4 is 10.0 Å². The fraction of sp³-hybridized carbons (Fsp3) is 0.286. The molecule has 2 amide bonds. The molecular weight excluding hydrogens is 421 g/mol. The van der Waals surface area contributed by atoms with E-state index in [1.54, 1.807) is 24.5 Å². The highest BCUT2D eigenvalue weighted by atomic mass is 32.2. The third-order valence-corrected chi connectivity index (χ3v) is 6.40. The molecule has 8 nitrogen and oxygen atoms in total. The minimum atomic E-state index is -4.17. The predicted octanol–water partition coefficient (Wildman–Crippen LogP) is 3.66. The minimum Gasteiger partial charge on any atom is -0.306 e. The molecule has 31 heavy (non-hydrogen) atoms. The lowest BCUT2D eigenvalue weighted by atomic mass is 9.97. The van der Waals surface area contributed by atoms with Crippen molar-refractivity contribution in [2.45, 2.75) is 44.2 Å². The molecule has 0 bridgehead atoms. The van der Waals surface area contributed by atoms with Crippen molar-refractivity contribution in [2.24, 2.45) is 0 Å². The van der Waals surface area contributed by atoms with Crippen LogP contribution in [0.5, 0.6) is 0 Å². The molecule has 2 heterocycles. The van der Waals surface area contributed by atoms with Crippen molar-refractivity contribution in [3.63, 3.8) is 0 Å². The van der Waals surface area contributed by atoms with Gasteiger partial charge < -0.3 is 5.32 Å². The molecule has 2 aromatic heterocycles. The molecular formula is C21H22FN5O3S. The van der Waals surface area contributed by atoms with E-state index in [9.17, 15) is 17.6 Å². The van der Waals surface area contributed by atoms with Crippen LogP contribution in [0, 0.1) is 5.82 Å². The Kier molecular flexibility index (Phi) is 5.48. The Labute approximate surface area is 179 Å². The Morgan fingerprint density at radius 1 is 1.23 bits per heavy atom. The zero-order chi connectivity index (χ0) is 22.2. The van der Waals surface area contributed by atoms with Crippen LogP contribution in [0.1, 0.15) is 37.4 Å². The number of benzene rings is 1. The first-order chi connectivity index (χ1) is 14.8. The van der Waals surface area contributed by atoms with Gasteiger partial charge in [-0.15, -0.1) is 0 Å². The number of hydrogen-bond acceptors (Lipinski definition) is 5. The summed E-state index contributed by atoms with van der Waals surface area (Å²) in [4.78, 5) is 16.7. The highest BCUT2D eigenvalue weighted by Gasteiger charge is 2.26. The zero-order valence-corrected chi connectivity index (χ0v) is 17.9. The van der Waals surface area contributed by atoms with Crippen molar-refractivity contribution in [3.8, 4) is 11.1 Å². The maximum Gasteiger partial charge on any atom is 0.333 e. The first-order valence-electron chi connectivity index (χ1n) is 9.90. The number of carbonyl (C=O) groups excluding carboxylic acids is 1. The highest BCUT2D eigenvalue weighted by Crippen LogP contribution is 2.39. The summed E-state index contributed by atoms with van der Waals surface area (Å²) in [6.07, 6.45) is 6.59. The van der Waals surface area contributed by atoms with E-state index in [2.05, 4.69) is 15.4 Å². The molecule has 2 N–H and O–H groups in total. The van der Waals surface area contributed by atoms with Gasteiger partial charge in [-0.1, -0.05) is 6.07 Å². The number of hydrogen-bond donors (Lipinski definition) is 2. The summed E-state index contributed by atoms with van der Waals surface area (Å²) in [5.74, 6) is -0.343. The summed E-state index contributed by atoms with van der Waals surface area (Å²) in [6, 6.07) is 5.18. The van der Waals surface area contributed by atoms with Crippen LogP contribution in [0.25, 0.3) is 11.1 Å². The Morgan fingerprint density at radius 3 is 2.68 bits per heavy atom. The van der Waals surface area contributed by atoms with Crippen molar-refractivity contribution in [3.05, 3.63) is 59.8 Å². The summed E-state index contributed by atoms with van der Waals surface area (Å²) in [5, 5.41) is 6.38. The van der Waals surface area contributed by atoms with Gasteiger partial charge in [0.25, 0.3) is 10.0 Å². The van der Waals surface area contributed by atoms with E-state index in [1.807, 2.05) is 18.6 Å². The van der Waals surface area contributed by atoms with Crippen molar-refractivity contribution < 1.29 is 17.6 Å². The predicted molar refractivity (Wildman–Crippen MR) is 114 cm³/mol. The van der Waals surface area contributed by atoms with Crippen LogP contribution in [0.2, 0.25) is 0 Å². The summed E-state index contributed by atoms with van der Waals surface area (Å²) >= 11 is 0. The second kappa shape index (κ2) is 8.10. The summed E-state index contributed by atoms with van der Waals surface area (Å²) < 4.78 is 43.3. The second-order valence-electron chi connectivity index (χ2n) is 7.62. The molecule has 0 fully saturated rings. The van der Waals surface area contributed by atoms with E-state index >= 15 is 0 Å². The summed E-state index contributed by atoms with van der Waals surface area (Å²) in [6.45, 7) is 3.72. The van der Waals surface area contributed by atoms with Crippen LogP contribution in [0.3, 0.4) is 0 Å². The molecule has 0 spiro atoms. The number of amides is 2. The average molecular weight is 444 g/mol. The molecule has 1 aliphatic carbocycles. The standard InChI is InChI=1S/C21H22FN5O3S/c1-13(2)27-10-8-19(25-27)31(29,30)26-21(28)24-20-16-7-3-6-15(16)18(22)11-17(20)14-5-4-9-23-12-14/h4-5,8-13H,3,6-7H2,1-2H3,(H2,24,26,28). The summed E-state index contributed by atoms with van der Waals surface area (Å²) in [7, 11) is -4.17. The molecule has 0 radical (unpaired) electrons. The Bertz CT molecular complexity index is 1240. The molecule has 0 aliphatic heterocycles. The zero-order valence-electron chi connectivity index (χ0n) is 17.1. The fourth-order valence-electron chi connectivity index (χ4n) is 3.69. The second-order valence-corrected chi connectivity index (χ2v) is 9.25. The lowest BCUT2D eigenvalue weighted by Crippen LogP contribution is -2.35. The SMILES string of the molecule is CC(C)n1ccc(S(=O)(=O)NC(=O)Nc2c(-c3cccnc3)cc(F)c3c2CCC3)n1. The van der Waals surface area contributed by atoms with Crippen LogP contribution >= 0.6 is 0 Å². The Hall–Kier alpha value is -3.27. The molecule has 4 rings (SSSR count). The van der Waals surface area contributed by atoms with Crippen molar-refractivity contribution in [1.82, 2.24) is 19.5 Å². The van der Waals surface area contributed by atoms with E-state index in [-0.39, 0.29) is 16.9 Å². The van der Waals surface area contributed by atoms with Gasteiger partial charge in [-0.3, -0.25) is 9.67 Å². The first-order valence-corrected chi connectivity index (χ1v) is 11.4. The number of rotatable bonds is 5. The van der Waals surface area contributed by atoms with Gasteiger partial charge in [-0.2, -0.15) is 13.5 Å². The lowest BCUT2D eigenvalue weighted by Gasteiger charge is -2.17. The minimum absolute atomic E-state index is 0.0263. The Balaban J connectivity index is 1.66. The van der Waals surface area contributed by atoms with Gasteiger partial charge in [-0.25, -0.2) is 13.9 Å². The van der Waals surface area contributed by atoms with Gasteiger partial charge in [0.1, 0.15) is 5.82 Å². The van der Waals surface area contributed by atoms with Gasteiger partial charge in [-0.05, 0) is 62.4 Å². The number of carbonyl (C=O) groups is 1. The molecule has 0 saturated heterocycles. The normalized spacial score (nSPS) is 13.3. The number of halogens is 1. The Morgan fingerprint density at radius 2 is 2.00 bits per heavy atom. The fourth-order valence-corrected chi connectivity index (χ4v) is 4.53. The molecule has 3 aromatic rings. The molecule has 1 aliphatic rings. The number of aromatic nitrogens is 3. The van der Waals surface area contributed by atoms with Gasteiger partial charge >= 0.3 is 6.03 Å². The molecule has 0 atom stereocenters. The number of fused-ring (bicyclic) bond motifs is 1. The van der Waals surface area contributed by atoms with Crippen LogP contribution in [0.15, 0.2) is 47.9 Å². The molecule has 0 unspecified atom stereocenters. The molecule has 162 valence electrons. The lowest BCUT2D eigenvalue weighted by molar-refractivity contribution is 0.256. The molecule has 0 saturated carbocycles. The maximum absolute atomic E-state index is 14.7. The van der Waals surface area contributed by atoms with Gasteiger partial charge in [0.05, 0.1) is 5.69 Å². The largest absolute Gasteiger partial charge is 0.333 e. The number of urea groups is 1. The average Bonchev–Trinajstić information content (AvgIpc) is 3.41. The number of nitrogens with one attached hydrogen (secondary N) is 2. The third-order valence-electron chi connectivity index (χ3n) is 5.17. The van der Waals surface area contributed by atoms with Crippen LogP contribution in [-0.2, 0) is 22.9 Å². The van der Waals surface area contributed by atoms with Crippen molar-refractivity contribution >= 4 is 21.7 Å². The molecule has 1 aromatic carbocycles. The van der Waals surface area contributed by atoms with Crippen molar-refractivity contribution in [2.75, 3.05) is 5.32 Å². The topological polar surface area (TPSA) is 106 Å². The van der Waals surface area contributed by atoms with Crippen LogP contribution in [0.4, 0.5) is 14.9 Å². The van der Waals surface area contributed by atoms with E-state index in [0.717, 1.165) is 6.42 Å². The van der Waals surface area contributed by atoms with E-state index < -0.39 is 16.1 Å². The third kappa shape index (κ3) is 4.15. The molecule has 10 heteroatoms. The number of anilines is 1. The van der Waals surface area contributed by atoms with E-state index in [4.69, 9.17) is 0 Å². The monoisotopic (exact) mass is 443 g/mol. The van der Waals surface area contributed by atoms with Gasteiger partial charge in [0, 0.05) is 35.8 Å². The smallest absolute Gasteiger partial charge is 0.306 e. The number of pyridine rings is 1. The summed E-state index contributed by atoms with van der Waals surface area (Å²) in [5.41, 5.74) is 2.67. The first kappa shape index (κ1) is 21.0. The number of sulfonamides is 1.